The number of carboxylic acid groups (broad SMARTS) is 1. The zero-order valence-corrected chi connectivity index (χ0v) is 11.8. The summed E-state index contributed by atoms with van der Waals surface area (Å²) in [4.78, 5) is 14.9. The summed E-state index contributed by atoms with van der Waals surface area (Å²) in [5.74, 6) is -1.16. The lowest BCUT2D eigenvalue weighted by Crippen LogP contribution is -2.46. The van der Waals surface area contributed by atoms with E-state index in [9.17, 15) is 9.18 Å². The van der Waals surface area contributed by atoms with Gasteiger partial charge in [0, 0.05) is 39.3 Å². The third-order valence-electron chi connectivity index (χ3n) is 3.60. The van der Waals surface area contributed by atoms with Crippen LogP contribution in [0.3, 0.4) is 0 Å². The van der Waals surface area contributed by atoms with Crippen molar-refractivity contribution in [2.45, 2.75) is 13.0 Å². The second kappa shape index (κ2) is 7.16. The Morgan fingerprint density at radius 2 is 1.90 bits per heavy atom. The lowest BCUT2D eigenvalue weighted by atomic mass is 10.1. The molecule has 0 spiro atoms. The average Bonchev–Trinajstić information content (AvgIpc) is 2.46. The van der Waals surface area contributed by atoms with Gasteiger partial charge in [-0.05, 0) is 23.8 Å². The molecule has 1 saturated heterocycles. The van der Waals surface area contributed by atoms with E-state index in [1.165, 1.54) is 12.1 Å². The van der Waals surface area contributed by atoms with Crippen LogP contribution in [0.5, 0.6) is 0 Å². The maximum Gasteiger partial charge on any atom is 0.304 e. The first-order valence-corrected chi connectivity index (χ1v) is 6.93. The van der Waals surface area contributed by atoms with Crippen molar-refractivity contribution >= 4 is 5.97 Å². The van der Waals surface area contributed by atoms with Gasteiger partial charge in [-0.2, -0.15) is 5.26 Å². The first-order valence-electron chi connectivity index (χ1n) is 6.93. The van der Waals surface area contributed by atoms with Gasteiger partial charge in [-0.3, -0.25) is 9.69 Å². The van der Waals surface area contributed by atoms with Crippen LogP contribution in [0.15, 0.2) is 18.2 Å². The lowest BCUT2D eigenvalue weighted by Gasteiger charge is -2.34. The maximum atomic E-state index is 13.4. The molecule has 0 saturated carbocycles. The molecule has 1 N–H and O–H groups in total. The number of rotatable bonds is 5. The van der Waals surface area contributed by atoms with Gasteiger partial charge in [-0.1, -0.05) is 0 Å². The molecular weight excluding hydrogens is 273 g/mol. The van der Waals surface area contributed by atoms with Crippen LogP contribution in [0.4, 0.5) is 4.39 Å². The lowest BCUT2D eigenvalue weighted by molar-refractivity contribution is -0.137. The van der Waals surface area contributed by atoms with Gasteiger partial charge in [0.25, 0.3) is 0 Å². The third-order valence-corrected chi connectivity index (χ3v) is 3.60. The van der Waals surface area contributed by atoms with Crippen LogP contribution in [0.1, 0.15) is 17.5 Å². The molecule has 0 radical (unpaired) electrons. The number of halogens is 1. The molecule has 1 fully saturated rings. The van der Waals surface area contributed by atoms with E-state index in [0.29, 0.717) is 18.7 Å². The second-order valence-corrected chi connectivity index (χ2v) is 5.22. The Balaban J connectivity index is 1.85. The largest absolute Gasteiger partial charge is 0.481 e. The van der Waals surface area contributed by atoms with E-state index in [1.54, 1.807) is 6.07 Å². The maximum absolute atomic E-state index is 13.4. The Hall–Kier alpha value is -1.97. The Kier molecular flexibility index (Phi) is 5.26. The topological polar surface area (TPSA) is 67.6 Å². The minimum absolute atomic E-state index is 0.162. The van der Waals surface area contributed by atoms with Crippen molar-refractivity contribution in [1.82, 2.24) is 9.80 Å². The minimum atomic E-state index is -0.777. The molecule has 0 aromatic heterocycles. The molecule has 1 heterocycles. The zero-order chi connectivity index (χ0) is 15.2. The van der Waals surface area contributed by atoms with E-state index in [0.717, 1.165) is 31.7 Å². The summed E-state index contributed by atoms with van der Waals surface area (Å²) in [6, 6.07) is 6.35. The van der Waals surface area contributed by atoms with Gasteiger partial charge in [-0.25, -0.2) is 4.39 Å². The summed E-state index contributed by atoms with van der Waals surface area (Å²) in [5.41, 5.74) is 1.13. The monoisotopic (exact) mass is 291 g/mol. The molecule has 1 aliphatic rings. The summed E-state index contributed by atoms with van der Waals surface area (Å²) >= 11 is 0. The van der Waals surface area contributed by atoms with E-state index < -0.39 is 5.97 Å². The van der Waals surface area contributed by atoms with Gasteiger partial charge in [0.2, 0.25) is 0 Å². The number of carboxylic acids is 1. The summed E-state index contributed by atoms with van der Waals surface area (Å²) in [6.45, 7) is 4.44. The van der Waals surface area contributed by atoms with Crippen LogP contribution < -0.4 is 0 Å². The van der Waals surface area contributed by atoms with E-state index in [-0.39, 0.29) is 12.2 Å². The molecule has 0 atom stereocenters. The molecule has 0 unspecified atom stereocenters. The molecule has 1 aliphatic heterocycles. The highest BCUT2D eigenvalue weighted by molar-refractivity contribution is 5.66. The fourth-order valence-corrected chi connectivity index (χ4v) is 2.49. The highest BCUT2D eigenvalue weighted by atomic mass is 19.1. The van der Waals surface area contributed by atoms with Crippen LogP contribution in [-0.2, 0) is 11.3 Å². The normalized spacial score (nSPS) is 16.6. The first kappa shape index (κ1) is 15.4. The fourth-order valence-electron chi connectivity index (χ4n) is 2.49. The number of carbonyl (C=O) groups is 1. The molecule has 0 aliphatic carbocycles. The van der Waals surface area contributed by atoms with E-state index in [4.69, 9.17) is 10.4 Å². The van der Waals surface area contributed by atoms with Crippen molar-refractivity contribution in [3.63, 3.8) is 0 Å². The van der Waals surface area contributed by atoms with Crippen molar-refractivity contribution in [2.24, 2.45) is 0 Å². The second-order valence-electron chi connectivity index (χ2n) is 5.22. The zero-order valence-electron chi connectivity index (χ0n) is 11.8. The first-order chi connectivity index (χ1) is 10.1. The number of nitrogens with zero attached hydrogens (tertiary/aromatic N) is 3. The third kappa shape index (κ3) is 4.81. The van der Waals surface area contributed by atoms with Crippen LogP contribution in [0, 0.1) is 17.1 Å². The quantitative estimate of drug-likeness (QED) is 0.885. The molecule has 2 rings (SSSR count). The Labute approximate surface area is 123 Å². The molecule has 5 nitrogen and oxygen atoms in total. The minimum Gasteiger partial charge on any atom is -0.481 e. The number of aliphatic carboxylic acids is 1. The van der Waals surface area contributed by atoms with Crippen LogP contribution in [0.2, 0.25) is 0 Å². The van der Waals surface area contributed by atoms with Crippen LogP contribution >= 0.6 is 0 Å². The molecule has 0 bridgehead atoms. The van der Waals surface area contributed by atoms with Crippen molar-refractivity contribution < 1.29 is 14.3 Å². The molecule has 21 heavy (non-hydrogen) atoms. The Morgan fingerprint density at radius 3 is 2.52 bits per heavy atom. The Bertz CT molecular complexity index is 548. The van der Waals surface area contributed by atoms with Gasteiger partial charge < -0.3 is 10.0 Å². The predicted octanol–water partition coefficient (Wildman–Crippen LogP) is 1.29. The van der Waals surface area contributed by atoms with Crippen molar-refractivity contribution in [1.29, 1.82) is 5.26 Å². The summed E-state index contributed by atoms with van der Waals surface area (Å²) in [6.07, 6.45) is 0.162. The Morgan fingerprint density at radius 1 is 1.24 bits per heavy atom. The highest BCUT2D eigenvalue weighted by Crippen LogP contribution is 2.13. The van der Waals surface area contributed by atoms with Crippen LogP contribution in [-0.4, -0.2) is 53.6 Å². The standard InChI is InChI=1S/C15H18FN3O2/c16-14-8-12(10-17)7-13(9-14)11-19-5-3-18(4-6-19)2-1-15(20)21/h7-9H,1-6,11H2,(H,20,21). The smallest absolute Gasteiger partial charge is 0.304 e. The van der Waals surface area contributed by atoms with E-state index in [1.807, 2.05) is 6.07 Å². The highest BCUT2D eigenvalue weighted by Gasteiger charge is 2.17. The van der Waals surface area contributed by atoms with Crippen molar-refractivity contribution in [3.8, 4) is 6.07 Å². The predicted molar refractivity (Wildman–Crippen MR) is 75.1 cm³/mol. The van der Waals surface area contributed by atoms with Gasteiger partial charge in [0.15, 0.2) is 0 Å². The van der Waals surface area contributed by atoms with Crippen molar-refractivity contribution in [2.75, 3.05) is 32.7 Å². The fraction of sp³-hybridized carbons (Fsp3) is 0.467. The molecule has 1 aromatic carbocycles. The van der Waals surface area contributed by atoms with Gasteiger partial charge in [0.1, 0.15) is 5.82 Å². The number of hydrogen-bond acceptors (Lipinski definition) is 4. The SMILES string of the molecule is N#Cc1cc(F)cc(CN2CCN(CCC(=O)O)CC2)c1. The number of benzene rings is 1. The van der Waals surface area contributed by atoms with Crippen LogP contribution in [0.25, 0.3) is 0 Å². The van der Waals surface area contributed by atoms with Crippen molar-refractivity contribution in [3.05, 3.63) is 35.1 Å². The van der Waals surface area contributed by atoms with E-state index in [2.05, 4.69) is 9.80 Å². The molecular formula is C15H18FN3O2. The molecule has 0 amide bonds. The summed E-state index contributed by atoms with van der Waals surface area (Å²) < 4.78 is 13.4. The number of nitriles is 1. The summed E-state index contributed by atoms with van der Waals surface area (Å²) in [7, 11) is 0. The average molecular weight is 291 g/mol. The molecule has 1 aromatic rings. The molecule has 112 valence electrons. The molecule has 6 heteroatoms. The van der Waals surface area contributed by atoms with Gasteiger partial charge in [0.05, 0.1) is 18.1 Å². The van der Waals surface area contributed by atoms with Gasteiger partial charge >= 0.3 is 5.97 Å². The van der Waals surface area contributed by atoms with E-state index >= 15 is 0 Å². The number of hydrogen-bond donors (Lipinski definition) is 1. The number of piperazine rings is 1. The van der Waals surface area contributed by atoms with Gasteiger partial charge in [-0.15, -0.1) is 0 Å². The summed E-state index contributed by atoms with van der Waals surface area (Å²) in [5, 5.41) is 17.5.